The molecule has 1 rings (SSSR count). The predicted octanol–water partition coefficient (Wildman–Crippen LogP) is 2.63. The number of nitrogens with zero attached hydrogens (tertiary/aromatic N) is 1. The number of carbonyl (C=O) groups is 2. The van der Waals surface area contributed by atoms with Crippen molar-refractivity contribution in [3.8, 4) is 0 Å². The Balaban J connectivity index is 3.68. The molecule has 0 atom stereocenters. The van der Waals surface area contributed by atoms with Gasteiger partial charge in [0.25, 0.3) is 5.69 Å². The van der Waals surface area contributed by atoms with Crippen molar-refractivity contribution in [3.05, 3.63) is 38.9 Å². The van der Waals surface area contributed by atoms with E-state index in [9.17, 15) is 32.9 Å². The van der Waals surface area contributed by atoms with Crippen LogP contribution in [0.3, 0.4) is 0 Å². The number of rotatable bonds is 3. The van der Waals surface area contributed by atoms with Crippen LogP contribution in [0.2, 0.25) is 0 Å². The Kier molecular flexibility index (Phi) is 3.49. The number of aldehydes is 1. The number of benzene rings is 1. The molecule has 0 spiro atoms. The first-order valence-corrected chi connectivity index (χ1v) is 4.54. The van der Waals surface area contributed by atoms with Gasteiger partial charge in [0.2, 0.25) is 0 Å². The third-order valence-electron chi connectivity index (χ3n) is 2.18. The quantitative estimate of drug-likeness (QED) is 0.362. The minimum absolute atomic E-state index is 0.101. The highest BCUT2D eigenvalue weighted by Gasteiger charge is 2.39. The lowest BCUT2D eigenvalue weighted by atomic mass is 10.00. The molecule has 96 valence electrons. The highest BCUT2D eigenvalue weighted by Crippen LogP contribution is 2.37. The first kappa shape index (κ1) is 13.8. The number of nitro benzene ring substituents is 1. The van der Waals surface area contributed by atoms with Crippen molar-refractivity contribution >= 4 is 17.8 Å². The Morgan fingerprint density at radius 3 is 2.28 bits per heavy atom. The summed E-state index contributed by atoms with van der Waals surface area (Å²) < 4.78 is 37.8. The SMILES string of the molecule is CC(=O)c1cc(C(F)(F)F)c([N+](=O)[O-])cc1C=O. The molecule has 1 aromatic rings. The van der Waals surface area contributed by atoms with E-state index in [2.05, 4.69) is 0 Å². The average molecular weight is 261 g/mol. The largest absolute Gasteiger partial charge is 0.423 e. The molecule has 0 bridgehead atoms. The highest BCUT2D eigenvalue weighted by atomic mass is 19.4. The van der Waals surface area contributed by atoms with Crippen molar-refractivity contribution in [2.45, 2.75) is 13.1 Å². The Morgan fingerprint density at radius 2 is 1.94 bits per heavy atom. The predicted molar refractivity (Wildman–Crippen MR) is 53.5 cm³/mol. The van der Waals surface area contributed by atoms with Crippen LogP contribution < -0.4 is 0 Å². The molecule has 8 heteroatoms. The molecule has 0 aliphatic heterocycles. The van der Waals surface area contributed by atoms with Gasteiger partial charge in [-0.2, -0.15) is 13.2 Å². The summed E-state index contributed by atoms with van der Waals surface area (Å²) in [5.41, 5.74) is -3.75. The summed E-state index contributed by atoms with van der Waals surface area (Å²) in [6.45, 7) is 0.967. The molecular formula is C10H6F3NO4. The first-order chi connectivity index (χ1) is 8.18. The van der Waals surface area contributed by atoms with E-state index in [1.165, 1.54) is 0 Å². The van der Waals surface area contributed by atoms with E-state index in [1.54, 1.807) is 0 Å². The zero-order chi connectivity index (χ0) is 14.1. The molecular weight excluding hydrogens is 255 g/mol. The zero-order valence-electron chi connectivity index (χ0n) is 8.95. The molecule has 0 saturated carbocycles. The number of ketones is 1. The molecule has 0 N–H and O–H groups in total. The van der Waals surface area contributed by atoms with E-state index in [0.29, 0.717) is 12.1 Å². The molecule has 1 aromatic carbocycles. The van der Waals surface area contributed by atoms with Gasteiger partial charge >= 0.3 is 6.18 Å². The number of hydrogen-bond donors (Lipinski definition) is 0. The first-order valence-electron chi connectivity index (χ1n) is 4.54. The lowest BCUT2D eigenvalue weighted by Gasteiger charge is -2.10. The van der Waals surface area contributed by atoms with Crippen LogP contribution in [0.5, 0.6) is 0 Å². The van der Waals surface area contributed by atoms with Crippen molar-refractivity contribution in [2.24, 2.45) is 0 Å². The Bertz CT molecular complexity index is 537. The Labute approximate surface area is 98.4 Å². The second kappa shape index (κ2) is 4.55. The summed E-state index contributed by atoms with van der Waals surface area (Å²) in [6.07, 6.45) is -4.88. The van der Waals surface area contributed by atoms with Crippen LogP contribution in [0, 0.1) is 10.1 Å². The third-order valence-corrected chi connectivity index (χ3v) is 2.18. The Hall–Kier alpha value is -2.25. The minimum Gasteiger partial charge on any atom is -0.298 e. The van der Waals surface area contributed by atoms with Crippen molar-refractivity contribution in [3.63, 3.8) is 0 Å². The van der Waals surface area contributed by atoms with Gasteiger partial charge in [0.15, 0.2) is 12.1 Å². The second-order valence-corrected chi connectivity index (χ2v) is 3.39. The van der Waals surface area contributed by atoms with Gasteiger partial charge in [-0.05, 0) is 13.0 Å². The fourth-order valence-corrected chi connectivity index (χ4v) is 1.38. The number of hydrogen-bond acceptors (Lipinski definition) is 4. The van der Waals surface area contributed by atoms with E-state index >= 15 is 0 Å². The van der Waals surface area contributed by atoms with Gasteiger partial charge in [0.05, 0.1) is 4.92 Å². The monoisotopic (exact) mass is 261 g/mol. The molecule has 18 heavy (non-hydrogen) atoms. The number of Topliss-reactive ketones (excluding diaryl/α,β-unsaturated/α-hetero) is 1. The maximum Gasteiger partial charge on any atom is 0.423 e. The molecule has 0 unspecified atom stereocenters. The molecule has 0 amide bonds. The molecule has 0 heterocycles. The summed E-state index contributed by atoms with van der Waals surface area (Å²) in [5.74, 6) is -0.780. The molecule has 0 aliphatic rings. The van der Waals surface area contributed by atoms with E-state index < -0.39 is 39.3 Å². The Morgan fingerprint density at radius 1 is 1.39 bits per heavy atom. The molecule has 5 nitrogen and oxygen atoms in total. The van der Waals surface area contributed by atoms with Crippen LogP contribution in [-0.2, 0) is 6.18 Å². The van der Waals surface area contributed by atoms with E-state index in [0.717, 1.165) is 6.92 Å². The lowest BCUT2D eigenvalue weighted by molar-refractivity contribution is -0.388. The fourth-order valence-electron chi connectivity index (χ4n) is 1.38. The second-order valence-electron chi connectivity index (χ2n) is 3.39. The van der Waals surface area contributed by atoms with Crippen molar-refractivity contribution in [1.82, 2.24) is 0 Å². The van der Waals surface area contributed by atoms with Gasteiger partial charge < -0.3 is 0 Å². The van der Waals surface area contributed by atoms with Crippen LogP contribution in [-0.4, -0.2) is 17.0 Å². The third kappa shape index (κ3) is 2.53. The van der Waals surface area contributed by atoms with Crippen LogP contribution in [0.1, 0.15) is 33.2 Å². The van der Waals surface area contributed by atoms with E-state index in [4.69, 9.17) is 0 Å². The lowest BCUT2D eigenvalue weighted by Crippen LogP contribution is -2.12. The maximum absolute atomic E-state index is 12.6. The standard InChI is InChI=1S/C10H6F3NO4/c1-5(16)7-3-8(10(11,12)13)9(14(17)18)2-6(7)4-15/h2-4H,1H3. The van der Waals surface area contributed by atoms with Gasteiger partial charge in [0, 0.05) is 17.2 Å². The molecule has 0 saturated heterocycles. The molecule has 0 fully saturated rings. The van der Waals surface area contributed by atoms with Gasteiger partial charge in [-0.15, -0.1) is 0 Å². The molecule has 0 aromatic heterocycles. The fraction of sp³-hybridized carbons (Fsp3) is 0.200. The highest BCUT2D eigenvalue weighted by molar-refractivity contribution is 6.02. The van der Waals surface area contributed by atoms with E-state index in [-0.39, 0.29) is 6.29 Å². The summed E-state index contributed by atoms with van der Waals surface area (Å²) in [4.78, 5) is 31.0. The van der Waals surface area contributed by atoms with Gasteiger partial charge in [0.1, 0.15) is 5.56 Å². The van der Waals surface area contributed by atoms with E-state index in [1.807, 2.05) is 0 Å². The topological polar surface area (TPSA) is 77.3 Å². The number of alkyl halides is 3. The summed E-state index contributed by atoms with van der Waals surface area (Å²) in [6, 6.07) is 0.775. The van der Waals surface area contributed by atoms with Gasteiger partial charge in [-0.25, -0.2) is 0 Å². The summed E-state index contributed by atoms with van der Waals surface area (Å²) >= 11 is 0. The zero-order valence-corrected chi connectivity index (χ0v) is 8.95. The van der Waals surface area contributed by atoms with Crippen molar-refractivity contribution in [2.75, 3.05) is 0 Å². The van der Waals surface area contributed by atoms with Crippen LogP contribution in [0.15, 0.2) is 12.1 Å². The smallest absolute Gasteiger partial charge is 0.298 e. The summed E-state index contributed by atoms with van der Waals surface area (Å²) in [7, 11) is 0. The molecule has 0 aliphatic carbocycles. The van der Waals surface area contributed by atoms with Crippen LogP contribution in [0.25, 0.3) is 0 Å². The number of carbonyl (C=O) groups excluding carboxylic acids is 2. The minimum atomic E-state index is -4.98. The van der Waals surface area contributed by atoms with Crippen LogP contribution in [0.4, 0.5) is 18.9 Å². The van der Waals surface area contributed by atoms with Crippen molar-refractivity contribution < 1.29 is 27.7 Å². The number of nitro groups is 1. The van der Waals surface area contributed by atoms with Crippen LogP contribution >= 0.6 is 0 Å². The number of halogens is 3. The molecule has 0 radical (unpaired) electrons. The van der Waals surface area contributed by atoms with Crippen molar-refractivity contribution in [1.29, 1.82) is 0 Å². The summed E-state index contributed by atoms with van der Waals surface area (Å²) in [5, 5.41) is 10.5. The average Bonchev–Trinajstić information content (AvgIpc) is 2.25. The normalized spacial score (nSPS) is 11.1. The maximum atomic E-state index is 12.6. The van der Waals surface area contributed by atoms with Gasteiger partial charge in [-0.1, -0.05) is 0 Å². The van der Waals surface area contributed by atoms with Gasteiger partial charge in [-0.3, -0.25) is 19.7 Å².